The Bertz CT molecular complexity index is 759. The number of amides is 1. The maximum atomic E-state index is 12.1. The Labute approximate surface area is 177 Å². The first-order valence-electron chi connectivity index (χ1n) is 9.90. The van der Waals surface area contributed by atoms with Crippen LogP contribution in [0.2, 0.25) is 0 Å². The minimum Gasteiger partial charge on any atom is -0.379 e. The largest absolute Gasteiger partial charge is 0.379 e. The second-order valence-electron chi connectivity index (χ2n) is 7.25. The molecule has 0 aromatic heterocycles. The molecule has 1 aromatic carbocycles. The number of benzene rings is 1. The molecule has 0 radical (unpaired) electrons. The third-order valence-electron chi connectivity index (χ3n) is 5.11. The van der Waals surface area contributed by atoms with Crippen LogP contribution in [-0.2, 0) is 19.6 Å². The molecule has 0 bridgehead atoms. The van der Waals surface area contributed by atoms with Crippen LogP contribution in [-0.4, -0.2) is 100 Å². The van der Waals surface area contributed by atoms with Gasteiger partial charge in [-0.1, -0.05) is 0 Å². The van der Waals surface area contributed by atoms with E-state index in [0.29, 0.717) is 31.9 Å². The first kappa shape index (κ1) is 22.4. The number of carbonyl (C=O) groups is 1. The molecule has 10 heteroatoms. The lowest BCUT2D eigenvalue weighted by molar-refractivity contribution is -0.113. The van der Waals surface area contributed by atoms with Gasteiger partial charge in [0.05, 0.1) is 25.2 Å². The second-order valence-corrected chi connectivity index (χ2v) is 10.3. The fraction of sp³-hybridized carbons (Fsp3) is 0.632. The Hall–Kier alpha value is -1.33. The summed E-state index contributed by atoms with van der Waals surface area (Å²) in [4.78, 5) is 16.7. The third-order valence-corrected chi connectivity index (χ3v) is 7.35. The van der Waals surface area contributed by atoms with E-state index >= 15 is 0 Å². The van der Waals surface area contributed by atoms with E-state index in [-0.39, 0.29) is 5.91 Å². The van der Waals surface area contributed by atoms with Crippen molar-refractivity contribution >= 4 is 39.1 Å². The lowest BCUT2D eigenvalue weighted by Gasteiger charge is -2.34. The summed E-state index contributed by atoms with van der Waals surface area (Å²) in [6, 6.07) is 7.73. The number of nitrogens with one attached hydrogen (secondary N) is 1. The highest BCUT2D eigenvalue weighted by Crippen LogP contribution is 2.20. The highest BCUT2D eigenvalue weighted by molar-refractivity contribution is 7.99. The van der Waals surface area contributed by atoms with Crippen molar-refractivity contribution in [2.45, 2.75) is 0 Å². The smallest absolute Gasteiger partial charge is 0.234 e. The molecule has 2 aliphatic heterocycles. The number of anilines is 2. The molecule has 162 valence electrons. The van der Waals surface area contributed by atoms with Gasteiger partial charge in [0.2, 0.25) is 15.9 Å². The SMILES string of the molecule is CS(=O)(=O)N1CCN(c2ccc(NC(=O)CSCCN3CCOCC3)cc2)CC1. The van der Waals surface area contributed by atoms with Gasteiger partial charge in [-0.3, -0.25) is 9.69 Å². The number of piperazine rings is 1. The van der Waals surface area contributed by atoms with Crippen molar-refractivity contribution in [3.63, 3.8) is 0 Å². The maximum Gasteiger partial charge on any atom is 0.234 e. The molecule has 0 unspecified atom stereocenters. The topological polar surface area (TPSA) is 82.2 Å². The van der Waals surface area contributed by atoms with E-state index in [2.05, 4.69) is 15.1 Å². The number of ether oxygens (including phenoxy) is 1. The number of rotatable bonds is 8. The standard InChI is InChI=1S/C19H30N4O4S2/c1-29(25,26)23-8-6-22(7-9-23)18-4-2-17(3-5-18)20-19(24)16-28-15-12-21-10-13-27-14-11-21/h2-5H,6-16H2,1H3,(H,20,24). The molecule has 2 aliphatic rings. The molecule has 1 amide bonds. The van der Waals surface area contributed by atoms with Crippen LogP contribution in [0.25, 0.3) is 0 Å². The normalized spacial score (nSPS) is 19.3. The highest BCUT2D eigenvalue weighted by Gasteiger charge is 2.23. The minimum absolute atomic E-state index is 0.00601. The van der Waals surface area contributed by atoms with Gasteiger partial charge in [-0.25, -0.2) is 8.42 Å². The van der Waals surface area contributed by atoms with Crippen LogP contribution in [0.15, 0.2) is 24.3 Å². The summed E-state index contributed by atoms with van der Waals surface area (Å²) in [6.45, 7) is 6.87. The first-order valence-corrected chi connectivity index (χ1v) is 12.9. The van der Waals surface area contributed by atoms with Crippen LogP contribution in [0.3, 0.4) is 0 Å². The molecule has 8 nitrogen and oxygen atoms in total. The van der Waals surface area contributed by atoms with Crippen molar-refractivity contribution in [1.29, 1.82) is 0 Å². The van der Waals surface area contributed by atoms with Gasteiger partial charge in [-0.2, -0.15) is 16.1 Å². The zero-order valence-electron chi connectivity index (χ0n) is 16.9. The van der Waals surface area contributed by atoms with Crippen LogP contribution in [0.4, 0.5) is 11.4 Å². The van der Waals surface area contributed by atoms with Crippen molar-refractivity contribution in [1.82, 2.24) is 9.21 Å². The Morgan fingerprint density at radius 2 is 1.72 bits per heavy atom. The predicted molar refractivity (Wildman–Crippen MR) is 118 cm³/mol. The van der Waals surface area contributed by atoms with Crippen molar-refractivity contribution in [3.05, 3.63) is 24.3 Å². The number of carbonyl (C=O) groups excluding carboxylic acids is 1. The van der Waals surface area contributed by atoms with Gasteiger partial charge in [0.25, 0.3) is 0 Å². The molecule has 0 saturated carbocycles. The molecule has 0 atom stereocenters. The lowest BCUT2D eigenvalue weighted by atomic mass is 10.2. The molecule has 3 rings (SSSR count). The van der Waals surface area contributed by atoms with Gasteiger partial charge < -0.3 is 15.0 Å². The Kier molecular flexibility index (Phi) is 8.19. The van der Waals surface area contributed by atoms with Gasteiger partial charge in [-0.05, 0) is 24.3 Å². The number of hydrogen-bond donors (Lipinski definition) is 1. The van der Waals surface area contributed by atoms with Crippen LogP contribution < -0.4 is 10.2 Å². The van der Waals surface area contributed by atoms with Crippen molar-refractivity contribution in [2.24, 2.45) is 0 Å². The minimum atomic E-state index is -3.12. The van der Waals surface area contributed by atoms with Gasteiger partial charge in [0.1, 0.15) is 0 Å². The number of thioether (sulfide) groups is 1. The Morgan fingerprint density at radius 1 is 1.07 bits per heavy atom. The van der Waals surface area contributed by atoms with Crippen molar-refractivity contribution in [2.75, 3.05) is 87.0 Å². The van der Waals surface area contributed by atoms with Gasteiger partial charge in [0, 0.05) is 62.9 Å². The molecule has 2 saturated heterocycles. The van der Waals surface area contributed by atoms with Crippen LogP contribution in [0.5, 0.6) is 0 Å². The van der Waals surface area contributed by atoms with E-state index < -0.39 is 10.0 Å². The summed E-state index contributed by atoms with van der Waals surface area (Å²) in [7, 11) is -3.12. The van der Waals surface area contributed by atoms with E-state index in [1.807, 2.05) is 24.3 Å². The predicted octanol–water partition coefficient (Wildman–Crippen LogP) is 0.772. The van der Waals surface area contributed by atoms with E-state index in [1.165, 1.54) is 10.6 Å². The van der Waals surface area contributed by atoms with Gasteiger partial charge in [0.15, 0.2) is 0 Å². The summed E-state index contributed by atoms with van der Waals surface area (Å²) >= 11 is 1.65. The van der Waals surface area contributed by atoms with E-state index in [1.54, 1.807) is 11.8 Å². The van der Waals surface area contributed by atoms with E-state index in [9.17, 15) is 13.2 Å². The molecular weight excluding hydrogens is 412 g/mol. The van der Waals surface area contributed by atoms with Gasteiger partial charge in [-0.15, -0.1) is 0 Å². The summed E-state index contributed by atoms with van der Waals surface area (Å²) in [6.07, 6.45) is 1.25. The summed E-state index contributed by atoms with van der Waals surface area (Å²) in [5.41, 5.74) is 1.82. The average Bonchev–Trinajstić information content (AvgIpc) is 2.72. The molecule has 2 heterocycles. The second kappa shape index (κ2) is 10.6. The third kappa shape index (κ3) is 7.14. The molecule has 1 N–H and O–H groups in total. The average molecular weight is 443 g/mol. The quantitative estimate of drug-likeness (QED) is 0.596. The number of nitrogens with zero attached hydrogens (tertiary/aromatic N) is 3. The number of hydrogen-bond acceptors (Lipinski definition) is 7. The monoisotopic (exact) mass is 442 g/mol. The van der Waals surface area contributed by atoms with Crippen LogP contribution >= 0.6 is 11.8 Å². The fourth-order valence-electron chi connectivity index (χ4n) is 3.41. The van der Waals surface area contributed by atoms with E-state index in [4.69, 9.17) is 4.74 Å². The van der Waals surface area contributed by atoms with Crippen molar-refractivity contribution < 1.29 is 17.9 Å². The van der Waals surface area contributed by atoms with Crippen LogP contribution in [0.1, 0.15) is 0 Å². The summed E-state index contributed by atoms with van der Waals surface area (Å²) in [5.74, 6) is 1.39. The Morgan fingerprint density at radius 3 is 2.34 bits per heavy atom. The highest BCUT2D eigenvalue weighted by atomic mass is 32.2. The zero-order chi connectivity index (χ0) is 20.7. The van der Waals surface area contributed by atoms with Gasteiger partial charge >= 0.3 is 0 Å². The number of sulfonamides is 1. The molecule has 1 aromatic rings. The fourth-order valence-corrected chi connectivity index (χ4v) is 5.03. The lowest BCUT2D eigenvalue weighted by Crippen LogP contribution is -2.48. The molecule has 29 heavy (non-hydrogen) atoms. The molecule has 0 aliphatic carbocycles. The Balaban J connectivity index is 1.37. The molecular formula is C19H30N4O4S2. The molecule has 0 spiro atoms. The zero-order valence-corrected chi connectivity index (χ0v) is 18.5. The maximum absolute atomic E-state index is 12.1. The first-order chi connectivity index (χ1) is 13.9. The van der Waals surface area contributed by atoms with E-state index in [0.717, 1.165) is 50.0 Å². The molecule has 2 fully saturated rings. The summed E-state index contributed by atoms with van der Waals surface area (Å²) in [5, 5.41) is 2.94. The number of morpholine rings is 1. The summed E-state index contributed by atoms with van der Waals surface area (Å²) < 4.78 is 30.1. The van der Waals surface area contributed by atoms with Crippen LogP contribution in [0, 0.1) is 0 Å². The van der Waals surface area contributed by atoms with Crippen molar-refractivity contribution in [3.8, 4) is 0 Å².